The molecule has 1 aromatic carbocycles. The molecule has 0 saturated heterocycles. The maximum Gasteiger partial charge on any atom is 0.224 e. The number of nitrogens with one attached hydrogen (secondary N) is 4. The molecule has 0 aromatic heterocycles. The number of aliphatic imine (C=N–C) groups is 1. The molecule has 1 saturated carbocycles. The summed E-state index contributed by atoms with van der Waals surface area (Å²) in [7, 11) is 0. The van der Waals surface area contributed by atoms with Gasteiger partial charge in [0, 0.05) is 37.7 Å². The van der Waals surface area contributed by atoms with Gasteiger partial charge in [-0.05, 0) is 43.9 Å². The third kappa shape index (κ3) is 9.38. The Bertz CT molecular complexity index is 662. The summed E-state index contributed by atoms with van der Waals surface area (Å²) in [6.07, 6.45) is 3.38. The number of hydrogen-bond acceptors (Lipinski definition) is 3. The number of benzene rings is 1. The molecule has 1 aromatic rings. The van der Waals surface area contributed by atoms with Crippen molar-refractivity contribution in [1.29, 1.82) is 0 Å². The third-order valence-electron chi connectivity index (χ3n) is 4.12. The van der Waals surface area contributed by atoms with E-state index >= 15 is 0 Å². The van der Waals surface area contributed by atoms with Crippen LogP contribution in [0.4, 0.5) is 5.69 Å². The summed E-state index contributed by atoms with van der Waals surface area (Å²) in [5.74, 6) is 1.12. The zero-order chi connectivity index (χ0) is 19.5. The van der Waals surface area contributed by atoms with E-state index in [9.17, 15) is 9.59 Å². The normalized spacial score (nSPS) is 13.3. The van der Waals surface area contributed by atoms with Crippen molar-refractivity contribution in [2.24, 2.45) is 10.9 Å². The van der Waals surface area contributed by atoms with Crippen LogP contribution in [0.15, 0.2) is 29.3 Å². The predicted octanol–water partition coefficient (Wildman–Crippen LogP) is 2.62. The number of rotatable bonds is 10. The van der Waals surface area contributed by atoms with Gasteiger partial charge in [0.15, 0.2) is 5.96 Å². The SMILES string of the molecule is CCCC(=O)Nc1cccc(CN=C(NCC)NCCNC(=O)C2CC2)c1.I. The minimum absolute atomic E-state index is 0. The molecule has 1 aliphatic rings. The van der Waals surface area contributed by atoms with Gasteiger partial charge in [0.05, 0.1) is 6.54 Å². The van der Waals surface area contributed by atoms with Crippen molar-refractivity contribution < 1.29 is 9.59 Å². The predicted molar refractivity (Wildman–Crippen MR) is 124 cm³/mol. The van der Waals surface area contributed by atoms with Gasteiger partial charge in [-0.15, -0.1) is 24.0 Å². The first-order chi connectivity index (χ1) is 13.1. The highest BCUT2D eigenvalue weighted by Gasteiger charge is 2.28. The summed E-state index contributed by atoms with van der Waals surface area (Å²) in [6, 6.07) is 7.72. The van der Waals surface area contributed by atoms with Gasteiger partial charge in [-0.3, -0.25) is 9.59 Å². The molecule has 2 rings (SSSR count). The van der Waals surface area contributed by atoms with E-state index in [-0.39, 0.29) is 41.7 Å². The van der Waals surface area contributed by atoms with E-state index in [1.165, 1.54) is 0 Å². The highest BCUT2D eigenvalue weighted by atomic mass is 127. The molecule has 1 aliphatic carbocycles. The first-order valence-corrected chi connectivity index (χ1v) is 9.81. The Kier molecular flexibility index (Phi) is 11.5. The number of halogens is 1. The van der Waals surface area contributed by atoms with Crippen molar-refractivity contribution in [3.05, 3.63) is 29.8 Å². The summed E-state index contributed by atoms with van der Waals surface area (Å²) in [5, 5.41) is 12.3. The molecule has 0 spiro atoms. The van der Waals surface area contributed by atoms with Crippen LogP contribution in [0.2, 0.25) is 0 Å². The van der Waals surface area contributed by atoms with Crippen molar-refractivity contribution in [1.82, 2.24) is 16.0 Å². The van der Waals surface area contributed by atoms with Crippen LogP contribution < -0.4 is 21.3 Å². The first-order valence-electron chi connectivity index (χ1n) is 9.81. The molecule has 8 heteroatoms. The monoisotopic (exact) mass is 501 g/mol. The molecule has 2 amide bonds. The second-order valence-electron chi connectivity index (χ2n) is 6.69. The molecule has 0 unspecified atom stereocenters. The van der Waals surface area contributed by atoms with Crippen molar-refractivity contribution in [3.8, 4) is 0 Å². The van der Waals surface area contributed by atoms with Crippen LogP contribution in [0, 0.1) is 5.92 Å². The molecule has 156 valence electrons. The van der Waals surface area contributed by atoms with Gasteiger partial charge in [0.2, 0.25) is 11.8 Å². The van der Waals surface area contributed by atoms with E-state index in [1.807, 2.05) is 38.1 Å². The lowest BCUT2D eigenvalue weighted by molar-refractivity contribution is -0.122. The molecule has 4 N–H and O–H groups in total. The van der Waals surface area contributed by atoms with E-state index in [2.05, 4.69) is 26.3 Å². The zero-order valence-electron chi connectivity index (χ0n) is 16.7. The minimum atomic E-state index is 0. The molecule has 0 aliphatic heterocycles. The molecule has 7 nitrogen and oxygen atoms in total. The molecular formula is C20H32IN5O2. The molecule has 1 fully saturated rings. The molecular weight excluding hydrogens is 469 g/mol. The Labute approximate surface area is 184 Å². The lowest BCUT2D eigenvalue weighted by Crippen LogP contribution is -2.41. The van der Waals surface area contributed by atoms with Crippen LogP contribution in [-0.2, 0) is 16.1 Å². The van der Waals surface area contributed by atoms with Crippen molar-refractivity contribution in [2.45, 2.75) is 46.1 Å². The lowest BCUT2D eigenvalue weighted by Gasteiger charge is -2.12. The third-order valence-corrected chi connectivity index (χ3v) is 4.12. The largest absolute Gasteiger partial charge is 0.357 e. The fourth-order valence-corrected chi connectivity index (χ4v) is 2.57. The number of carbonyl (C=O) groups is 2. The van der Waals surface area contributed by atoms with E-state index < -0.39 is 0 Å². The fraction of sp³-hybridized carbons (Fsp3) is 0.550. The number of guanidine groups is 1. The highest BCUT2D eigenvalue weighted by molar-refractivity contribution is 14.0. The van der Waals surface area contributed by atoms with Crippen molar-refractivity contribution >= 4 is 47.4 Å². The smallest absolute Gasteiger partial charge is 0.224 e. The second kappa shape index (κ2) is 13.4. The van der Waals surface area contributed by atoms with Gasteiger partial charge in [-0.2, -0.15) is 0 Å². The molecule has 0 atom stereocenters. The van der Waals surface area contributed by atoms with Crippen LogP contribution in [0.3, 0.4) is 0 Å². The molecule has 0 bridgehead atoms. The van der Waals surface area contributed by atoms with Crippen LogP contribution in [0.5, 0.6) is 0 Å². The van der Waals surface area contributed by atoms with Gasteiger partial charge >= 0.3 is 0 Å². The Morgan fingerprint density at radius 2 is 1.86 bits per heavy atom. The maximum absolute atomic E-state index is 11.7. The molecule has 28 heavy (non-hydrogen) atoms. The maximum atomic E-state index is 11.7. The van der Waals surface area contributed by atoms with Crippen molar-refractivity contribution in [2.75, 3.05) is 25.0 Å². The average molecular weight is 501 g/mol. The van der Waals surface area contributed by atoms with E-state index in [0.29, 0.717) is 32.0 Å². The summed E-state index contributed by atoms with van der Waals surface area (Å²) >= 11 is 0. The molecule has 0 heterocycles. The average Bonchev–Trinajstić information content (AvgIpc) is 3.48. The number of hydrogen-bond donors (Lipinski definition) is 4. The second-order valence-corrected chi connectivity index (χ2v) is 6.69. The van der Waals surface area contributed by atoms with E-state index in [0.717, 1.165) is 37.1 Å². The van der Waals surface area contributed by atoms with Gasteiger partial charge in [-0.1, -0.05) is 19.1 Å². The zero-order valence-corrected chi connectivity index (χ0v) is 19.0. The first kappa shape index (κ1) is 24.2. The summed E-state index contributed by atoms with van der Waals surface area (Å²) < 4.78 is 0. The van der Waals surface area contributed by atoms with Gasteiger partial charge in [-0.25, -0.2) is 4.99 Å². The summed E-state index contributed by atoms with van der Waals surface area (Å²) in [6.45, 7) is 6.46. The van der Waals surface area contributed by atoms with Crippen molar-refractivity contribution in [3.63, 3.8) is 0 Å². The van der Waals surface area contributed by atoms with Gasteiger partial charge in [0.1, 0.15) is 0 Å². The number of anilines is 1. The number of amides is 2. The number of nitrogens with zero attached hydrogens (tertiary/aromatic N) is 1. The van der Waals surface area contributed by atoms with Crippen LogP contribution in [0.25, 0.3) is 0 Å². The van der Waals surface area contributed by atoms with Gasteiger partial charge < -0.3 is 21.3 Å². The van der Waals surface area contributed by atoms with E-state index in [1.54, 1.807) is 0 Å². The Hall–Kier alpha value is -1.84. The Balaban J connectivity index is 0.00000392. The highest BCUT2D eigenvalue weighted by Crippen LogP contribution is 2.28. The number of carbonyl (C=O) groups excluding carboxylic acids is 2. The fourth-order valence-electron chi connectivity index (χ4n) is 2.57. The minimum Gasteiger partial charge on any atom is -0.357 e. The summed E-state index contributed by atoms with van der Waals surface area (Å²) in [4.78, 5) is 27.9. The lowest BCUT2D eigenvalue weighted by atomic mass is 10.2. The van der Waals surface area contributed by atoms with Gasteiger partial charge in [0.25, 0.3) is 0 Å². The summed E-state index contributed by atoms with van der Waals surface area (Å²) in [5.41, 5.74) is 1.81. The van der Waals surface area contributed by atoms with Crippen LogP contribution in [-0.4, -0.2) is 37.4 Å². The van der Waals surface area contributed by atoms with Crippen LogP contribution >= 0.6 is 24.0 Å². The van der Waals surface area contributed by atoms with E-state index in [4.69, 9.17) is 0 Å². The Morgan fingerprint density at radius 3 is 2.54 bits per heavy atom. The quantitative estimate of drug-likeness (QED) is 0.172. The van der Waals surface area contributed by atoms with Crippen LogP contribution in [0.1, 0.15) is 45.1 Å². The standard InChI is InChI=1S/C20H31N5O2.HI/c1-3-6-18(26)25-17-8-5-7-15(13-17)14-24-20(21-4-2)23-12-11-22-19(27)16-9-10-16;/h5,7-8,13,16H,3-4,6,9-12,14H2,1-2H3,(H,22,27)(H,25,26)(H2,21,23,24);1H. The Morgan fingerprint density at radius 1 is 1.11 bits per heavy atom. The molecule has 0 radical (unpaired) electrons. The topological polar surface area (TPSA) is 94.6 Å².